The van der Waals surface area contributed by atoms with Gasteiger partial charge in [-0.2, -0.15) is 13.2 Å². The molecule has 2 heterocycles. The fraction of sp³-hybridized carbons (Fsp3) is 0.500. The highest BCUT2D eigenvalue weighted by Gasteiger charge is 2.36. The first-order valence-electron chi connectivity index (χ1n) is 4.97. The third kappa shape index (κ3) is 3.00. The van der Waals surface area contributed by atoms with Gasteiger partial charge in [0.05, 0.1) is 12.4 Å². The van der Waals surface area contributed by atoms with Gasteiger partial charge >= 0.3 is 6.18 Å². The molecule has 1 saturated heterocycles. The van der Waals surface area contributed by atoms with Crippen LogP contribution in [0.25, 0.3) is 0 Å². The summed E-state index contributed by atoms with van der Waals surface area (Å²) in [5.41, 5.74) is 0. The van der Waals surface area contributed by atoms with Gasteiger partial charge in [0.15, 0.2) is 5.76 Å². The Balaban J connectivity index is 1.74. The predicted octanol–water partition coefficient (Wildman–Crippen LogP) is 1.68. The van der Waals surface area contributed by atoms with Crippen molar-refractivity contribution < 1.29 is 27.1 Å². The molecule has 2 rings (SSSR count). The number of carbonyl (C=O) groups is 1. The Hall–Kier alpha value is -1.50. The first-order valence-corrected chi connectivity index (χ1v) is 4.97. The van der Waals surface area contributed by atoms with Gasteiger partial charge < -0.3 is 14.1 Å². The molecular formula is C10H10F3NO3. The zero-order valence-electron chi connectivity index (χ0n) is 8.74. The molecule has 1 aliphatic heterocycles. The Labute approximate surface area is 94.9 Å². The van der Waals surface area contributed by atoms with Crippen LogP contribution in [0.2, 0.25) is 0 Å². The Kier molecular flexibility index (Phi) is 3.10. The van der Waals surface area contributed by atoms with Gasteiger partial charge in [-0.1, -0.05) is 0 Å². The maximum absolute atomic E-state index is 11.8. The van der Waals surface area contributed by atoms with Crippen LogP contribution in [0, 0.1) is 0 Å². The van der Waals surface area contributed by atoms with Gasteiger partial charge in [-0.05, 0) is 12.1 Å². The van der Waals surface area contributed by atoms with Crippen LogP contribution in [0.4, 0.5) is 13.2 Å². The van der Waals surface area contributed by atoms with Crippen LogP contribution >= 0.6 is 0 Å². The fourth-order valence-corrected chi connectivity index (χ4v) is 1.48. The number of likely N-dealkylation sites (tertiary alicyclic amines) is 1. The molecule has 0 aromatic carbocycles. The second kappa shape index (κ2) is 4.40. The van der Waals surface area contributed by atoms with Crippen LogP contribution < -0.4 is 0 Å². The lowest BCUT2D eigenvalue weighted by Crippen LogP contribution is -2.55. The molecule has 1 aromatic heterocycles. The second-order valence-electron chi connectivity index (χ2n) is 3.74. The van der Waals surface area contributed by atoms with Crippen molar-refractivity contribution in [2.45, 2.75) is 12.3 Å². The number of amides is 1. The monoisotopic (exact) mass is 249 g/mol. The van der Waals surface area contributed by atoms with Crippen molar-refractivity contribution in [2.24, 2.45) is 0 Å². The third-order valence-corrected chi connectivity index (χ3v) is 2.35. The minimum absolute atomic E-state index is 0.162. The number of hydrogen-bond donors (Lipinski definition) is 0. The standard InChI is InChI=1S/C10H10F3NO3/c11-10(12,13)6-17-7-4-14(5-7)9(15)8-2-1-3-16-8/h1-3,7H,4-6H2. The Morgan fingerprint density at radius 2 is 2.24 bits per heavy atom. The van der Waals surface area contributed by atoms with E-state index in [4.69, 9.17) is 4.42 Å². The number of furan rings is 1. The smallest absolute Gasteiger partial charge is 0.411 e. The normalized spacial score (nSPS) is 17.0. The Bertz CT molecular complexity index is 382. The average Bonchev–Trinajstić information content (AvgIpc) is 2.65. The van der Waals surface area contributed by atoms with Gasteiger partial charge in [-0.3, -0.25) is 4.79 Å². The average molecular weight is 249 g/mol. The number of alkyl halides is 3. The van der Waals surface area contributed by atoms with Crippen LogP contribution in [-0.4, -0.2) is 42.8 Å². The number of hydrogen-bond acceptors (Lipinski definition) is 3. The van der Waals surface area contributed by atoms with E-state index in [0.29, 0.717) is 0 Å². The molecule has 0 radical (unpaired) electrons. The van der Waals surface area contributed by atoms with Crippen molar-refractivity contribution in [3.63, 3.8) is 0 Å². The fourth-order valence-electron chi connectivity index (χ4n) is 1.48. The summed E-state index contributed by atoms with van der Waals surface area (Å²) in [5, 5.41) is 0. The largest absolute Gasteiger partial charge is 0.459 e. The molecule has 1 amide bonds. The molecule has 0 N–H and O–H groups in total. The quantitative estimate of drug-likeness (QED) is 0.818. The highest BCUT2D eigenvalue weighted by Crippen LogP contribution is 2.20. The van der Waals surface area contributed by atoms with Gasteiger partial charge in [-0.15, -0.1) is 0 Å². The summed E-state index contributed by atoms with van der Waals surface area (Å²) < 4.78 is 45.0. The van der Waals surface area contributed by atoms with E-state index < -0.39 is 18.9 Å². The summed E-state index contributed by atoms with van der Waals surface area (Å²) in [6.07, 6.45) is -3.51. The molecule has 0 saturated carbocycles. The first-order chi connectivity index (χ1) is 7.96. The molecule has 1 fully saturated rings. The lowest BCUT2D eigenvalue weighted by Gasteiger charge is -2.38. The van der Waals surface area contributed by atoms with E-state index in [1.807, 2.05) is 0 Å². The van der Waals surface area contributed by atoms with Crippen molar-refractivity contribution in [3.8, 4) is 0 Å². The molecular weight excluding hydrogens is 239 g/mol. The summed E-state index contributed by atoms with van der Waals surface area (Å²) in [4.78, 5) is 13.0. The number of rotatable bonds is 3. The third-order valence-electron chi connectivity index (χ3n) is 2.35. The molecule has 7 heteroatoms. The number of ether oxygens (including phenoxy) is 1. The van der Waals surface area contributed by atoms with Crippen LogP contribution in [0.5, 0.6) is 0 Å². The minimum atomic E-state index is -4.33. The second-order valence-corrected chi connectivity index (χ2v) is 3.74. The van der Waals surface area contributed by atoms with Crippen molar-refractivity contribution in [1.82, 2.24) is 4.90 Å². The summed E-state index contributed by atoms with van der Waals surface area (Å²) in [5.74, 6) is -0.152. The van der Waals surface area contributed by atoms with E-state index in [2.05, 4.69) is 4.74 Å². The van der Waals surface area contributed by atoms with Crippen LogP contribution in [0.3, 0.4) is 0 Å². The van der Waals surface area contributed by atoms with E-state index in [-0.39, 0.29) is 24.8 Å². The van der Waals surface area contributed by atoms with Gasteiger partial charge in [0.25, 0.3) is 5.91 Å². The van der Waals surface area contributed by atoms with Gasteiger partial charge in [0.2, 0.25) is 0 Å². The highest BCUT2D eigenvalue weighted by molar-refractivity contribution is 5.92. The SMILES string of the molecule is O=C(c1ccco1)N1CC(OCC(F)(F)F)C1. The predicted molar refractivity (Wildman–Crippen MR) is 50.4 cm³/mol. The summed E-state index contributed by atoms with van der Waals surface area (Å²) in [6, 6.07) is 3.08. The Morgan fingerprint density at radius 3 is 2.76 bits per heavy atom. The maximum atomic E-state index is 11.8. The van der Waals surface area contributed by atoms with E-state index in [1.165, 1.54) is 17.2 Å². The molecule has 0 spiro atoms. The lowest BCUT2D eigenvalue weighted by atomic mass is 10.1. The number of nitrogens with zero attached hydrogens (tertiary/aromatic N) is 1. The van der Waals surface area contributed by atoms with Gasteiger partial charge in [-0.25, -0.2) is 0 Å². The molecule has 94 valence electrons. The van der Waals surface area contributed by atoms with Crippen molar-refractivity contribution >= 4 is 5.91 Å². The summed E-state index contributed by atoms with van der Waals surface area (Å²) in [6.45, 7) is -0.953. The minimum Gasteiger partial charge on any atom is -0.459 e. The van der Waals surface area contributed by atoms with Crippen LogP contribution in [0.15, 0.2) is 22.8 Å². The van der Waals surface area contributed by atoms with Gasteiger partial charge in [0.1, 0.15) is 6.61 Å². The van der Waals surface area contributed by atoms with E-state index in [9.17, 15) is 18.0 Å². The number of halogens is 3. The lowest BCUT2D eigenvalue weighted by molar-refractivity contribution is -0.196. The molecule has 1 aliphatic rings. The zero-order valence-corrected chi connectivity index (χ0v) is 8.74. The molecule has 17 heavy (non-hydrogen) atoms. The van der Waals surface area contributed by atoms with Crippen LogP contribution in [0.1, 0.15) is 10.6 Å². The molecule has 0 unspecified atom stereocenters. The summed E-state index contributed by atoms with van der Waals surface area (Å²) >= 11 is 0. The highest BCUT2D eigenvalue weighted by atomic mass is 19.4. The molecule has 4 nitrogen and oxygen atoms in total. The first kappa shape index (κ1) is 12.0. The van der Waals surface area contributed by atoms with E-state index in [1.54, 1.807) is 6.07 Å². The zero-order chi connectivity index (χ0) is 12.5. The van der Waals surface area contributed by atoms with Crippen molar-refractivity contribution in [2.75, 3.05) is 19.7 Å². The van der Waals surface area contributed by atoms with E-state index >= 15 is 0 Å². The molecule has 1 aromatic rings. The van der Waals surface area contributed by atoms with Crippen molar-refractivity contribution in [3.05, 3.63) is 24.2 Å². The Morgan fingerprint density at radius 1 is 1.53 bits per heavy atom. The van der Waals surface area contributed by atoms with E-state index in [0.717, 1.165) is 0 Å². The molecule has 0 atom stereocenters. The molecule has 0 aliphatic carbocycles. The molecule has 0 bridgehead atoms. The topological polar surface area (TPSA) is 42.7 Å². The summed E-state index contributed by atoms with van der Waals surface area (Å²) in [7, 11) is 0. The number of carbonyl (C=O) groups excluding carboxylic acids is 1. The van der Waals surface area contributed by atoms with Crippen molar-refractivity contribution in [1.29, 1.82) is 0 Å². The maximum Gasteiger partial charge on any atom is 0.411 e. The van der Waals surface area contributed by atoms with Gasteiger partial charge in [0, 0.05) is 13.1 Å². The van der Waals surface area contributed by atoms with Crippen LogP contribution in [-0.2, 0) is 4.74 Å².